The lowest BCUT2D eigenvalue weighted by Crippen LogP contribution is -2.16. The topological polar surface area (TPSA) is 43.4 Å². The van der Waals surface area contributed by atoms with Crippen LogP contribution in [0.3, 0.4) is 0 Å². The minimum atomic E-state index is 0.650. The summed E-state index contributed by atoms with van der Waals surface area (Å²) in [5, 5.41) is 5.83. The number of fused-ring (bicyclic) bond motifs is 1. The highest BCUT2D eigenvalue weighted by molar-refractivity contribution is 7.11. The zero-order valence-corrected chi connectivity index (χ0v) is 10.00. The number of nitrogens with zero attached hydrogens (tertiary/aromatic N) is 1. The van der Waals surface area contributed by atoms with Gasteiger partial charge in [0.15, 0.2) is 0 Å². The van der Waals surface area contributed by atoms with Crippen LogP contribution in [0, 0.1) is 0 Å². The van der Waals surface area contributed by atoms with Gasteiger partial charge in [-0.05, 0) is 6.07 Å². The molecule has 0 saturated heterocycles. The number of hydrogen-bond acceptors (Lipinski definition) is 5. The van der Waals surface area contributed by atoms with Crippen LogP contribution in [0.15, 0.2) is 29.8 Å². The summed E-state index contributed by atoms with van der Waals surface area (Å²) in [6.45, 7) is 2.40. The Kier molecular flexibility index (Phi) is 2.94. The number of nitrogens with one attached hydrogen (secondary N) is 1. The fourth-order valence-electron chi connectivity index (χ4n) is 1.70. The summed E-state index contributed by atoms with van der Waals surface area (Å²) in [7, 11) is 0. The van der Waals surface area contributed by atoms with Crippen molar-refractivity contribution in [3.63, 3.8) is 0 Å². The average molecular weight is 248 g/mol. The van der Waals surface area contributed by atoms with Crippen LogP contribution in [-0.2, 0) is 6.54 Å². The van der Waals surface area contributed by atoms with E-state index in [9.17, 15) is 0 Å². The zero-order valence-electron chi connectivity index (χ0n) is 9.18. The normalized spacial score (nSPS) is 14.6. The largest absolute Gasteiger partial charge is 0.492 e. The highest BCUT2D eigenvalue weighted by Crippen LogP contribution is 2.29. The van der Waals surface area contributed by atoms with E-state index in [1.807, 2.05) is 23.6 Å². The molecule has 1 aliphatic heterocycles. The molecule has 0 fully saturated rings. The van der Waals surface area contributed by atoms with Crippen molar-refractivity contribution < 1.29 is 9.47 Å². The van der Waals surface area contributed by atoms with Crippen LogP contribution in [0.1, 0.15) is 5.56 Å². The number of aromatic nitrogens is 1. The zero-order chi connectivity index (χ0) is 11.5. The molecular formula is C12H12N2O2S. The minimum Gasteiger partial charge on any atom is -0.492 e. The van der Waals surface area contributed by atoms with E-state index >= 15 is 0 Å². The molecule has 0 saturated carbocycles. The molecule has 0 unspecified atom stereocenters. The van der Waals surface area contributed by atoms with E-state index in [1.165, 1.54) is 11.3 Å². The lowest BCUT2D eigenvalue weighted by molar-refractivity contribution is 0.324. The van der Waals surface area contributed by atoms with Crippen molar-refractivity contribution in [1.29, 1.82) is 0 Å². The number of rotatable bonds is 2. The van der Waals surface area contributed by atoms with E-state index < -0.39 is 0 Å². The molecule has 17 heavy (non-hydrogen) atoms. The maximum atomic E-state index is 5.65. The van der Waals surface area contributed by atoms with Gasteiger partial charge >= 0.3 is 0 Å². The molecule has 0 bridgehead atoms. The van der Waals surface area contributed by atoms with Crippen molar-refractivity contribution in [2.75, 3.05) is 13.2 Å². The van der Waals surface area contributed by atoms with Gasteiger partial charge in [-0.15, -0.1) is 0 Å². The molecule has 0 spiro atoms. The average Bonchev–Trinajstić information content (AvgIpc) is 2.73. The van der Waals surface area contributed by atoms with Gasteiger partial charge in [0.1, 0.15) is 18.1 Å². The Morgan fingerprint density at radius 2 is 2.41 bits per heavy atom. The fraction of sp³-hybridized carbons (Fsp3) is 0.250. The Hall–Kier alpha value is -1.59. The predicted molar refractivity (Wildman–Crippen MR) is 65.8 cm³/mol. The maximum absolute atomic E-state index is 5.65. The molecule has 1 aromatic carbocycles. The Labute approximate surface area is 103 Å². The van der Waals surface area contributed by atoms with Gasteiger partial charge in [-0.1, -0.05) is 17.4 Å². The standard InChI is InChI=1S/C12H12N2O2S/c1-2-10(16-12-14-4-6-17-12)7-11-9(1)8-13-3-5-15-11/h1-2,4,6-7,13H,3,5,8H2. The summed E-state index contributed by atoms with van der Waals surface area (Å²) in [5.41, 5.74) is 1.16. The van der Waals surface area contributed by atoms with Crippen molar-refractivity contribution in [1.82, 2.24) is 10.3 Å². The molecule has 4 nitrogen and oxygen atoms in total. The van der Waals surface area contributed by atoms with Crippen LogP contribution < -0.4 is 14.8 Å². The lowest BCUT2D eigenvalue weighted by Gasteiger charge is -2.08. The summed E-state index contributed by atoms with van der Waals surface area (Å²) in [4.78, 5) is 4.09. The van der Waals surface area contributed by atoms with Gasteiger partial charge in [0.05, 0.1) is 0 Å². The van der Waals surface area contributed by atoms with Gasteiger partial charge in [0.25, 0.3) is 5.19 Å². The van der Waals surface area contributed by atoms with Gasteiger partial charge < -0.3 is 14.8 Å². The third-order valence-electron chi connectivity index (χ3n) is 2.51. The summed E-state index contributed by atoms with van der Waals surface area (Å²) < 4.78 is 11.3. The molecule has 2 heterocycles. The molecule has 0 radical (unpaired) electrons. The molecule has 0 amide bonds. The van der Waals surface area contributed by atoms with E-state index in [1.54, 1.807) is 6.20 Å². The first-order valence-corrected chi connectivity index (χ1v) is 6.33. The molecule has 1 N–H and O–H groups in total. The van der Waals surface area contributed by atoms with Crippen molar-refractivity contribution in [2.45, 2.75) is 6.54 Å². The molecule has 1 aliphatic rings. The Bertz CT molecular complexity index is 499. The van der Waals surface area contributed by atoms with Crippen molar-refractivity contribution in [2.24, 2.45) is 0 Å². The van der Waals surface area contributed by atoms with Crippen molar-refractivity contribution >= 4 is 11.3 Å². The first kappa shape index (κ1) is 10.6. The van der Waals surface area contributed by atoms with Gasteiger partial charge in [0.2, 0.25) is 0 Å². The fourth-order valence-corrected chi connectivity index (χ4v) is 2.20. The van der Waals surface area contributed by atoms with E-state index in [0.717, 1.165) is 30.2 Å². The smallest absolute Gasteiger partial charge is 0.278 e. The maximum Gasteiger partial charge on any atom is 0.278 e. The lowest BCUT2D eigenvalue weighted by atomic mass is 10.2. The van der Waals surface area contributed by atoms with E-state index in [-0.39, 0.29) is 0 Å². The van der Waals surface area contributed by atoms with Crippen LogP contribution in [0.4, 0.5) is 0 Å². The van der Waals surface area contributed by atoms with Gasteiger partial charge in [-0.25, -0.2) is 4.98 Å². The Balaban J connectivity index is 1.84. The van der Waals surface area contributed by atoms with E-state index in [4.69, 9.17) is 9.47 Å². The number of thiazole rings is 1. The first-order chi connectivity index (χ1) is 8.42. The van der Waals surface area contributed by atoms with Gasteiger partial charge in [0, 0.05) is 36.3 Å². The quantitative estimate of drug-likeness (QED) is 0.886. The van der Waals surface area contributed by atoms with Crippen LogP contribution in [0.25, 0.3) is 0 Å². The third-order valence-corrected chi connectivity index (χ3v) is 3.15. The van der Waals surface area contributed by atoms with E-state index in [2.05, 4.69) is 10.3 Å². The minimum absolute atomic E-state index is 0.650. The molecule has 5 heteroatoms. The van der Waals surface area contributed by atoms with Gasteiger partial charge in [-0.3, -0.25) is 0 Å². The second kappa shape index (κ2) is 4.73. The number of ether oxygens (including phenoxy) is 2. The molecule has 88 valence electrons. The molecule has 1 aromatic heterocycles. The summed E-state index contributed by atoms with van der Waals surface area (Å²) in [6.07, 6.45) is 1.73. The molecule has 0 atom stereocenters. The monoisotopic (exact) mass is 248 g/mol. The SMILES string of the molecule is c1csc(Oc2ccc3c(c2)OCCNC3)n1. The number of benzene rings is 1. The second-order valence-electron chi connectivity index (χ2n) is 3.69. The van der Waals surface area contributed by atoms with Crippen molar-refractivity contribution in [3.05, 3.63) is 35.3 Å². The van der Waals surface area contributed by atoms with Crippen molar-refractivity contribution in [3.8, 4) is 16.7 Å². The highest BCUT2D eigenvalue weighted by atomic mass is 32.1. The number of hydrogen-bond donors (Lipinski definition) is 1. The Morgan fingerprint density at radius 3 is 3.29 bits per heavy atom. The van der Waals surface area contributed by atoms with Crippen LogP contribution in [0.2, 0.25) is 0 Å². The van der Waals surface area contributed by atoms with E-state index in [0.29, 0.717) is 11.8 Å². The van der Waals surface area contributed by atoms with Crippen LogP contribution in [-0.4, -0.2) is 18.1 Å². The summed E-state index contributed by atoms with van der Waals surface area (Å²) in [6, 6.07) is 5.89. The molecule has 3 rings (SSSR count). The van der Waals surface area contributed by atoms with Crippen LogP contribution in [0.5, 0.6) is 16.7 Å². The highest BCUT2D eigenvalue weighted by Gasteiger charge is 2.10. The van der Waals surface area contributed by atoms with Gasteiger partial charge in [-0.2, -0.15) is 0 Å². The predicted octanol–water partition coefficient (Wildman–Crippen LogP) is 2.42. The molecular weight excluding hydrogens is 236 g/mol. The summed E-state index contributed by atoms with van der Waals surface area (Å²) in [5.74, 6) is 1.66. The van der Waals surface area contributed by atoms with Crippen LogP contribution >= 0.6 is 11.3 Å². The summed E-state index contributed by atoms with van der Waals surface area (Å²) >= 11 is 1.47. The first-order valence-electron chi connectivity index (χ1n) is 5.45. The Morgan fingerprint density at radius 1 is 1.41 bits per heavy atom. The third kappa shape index (κ3) is 2.40. The molecule has 2 aromatic rings. The second-order valence-corrected chi connectivity index (χ2v) is 4.55. The molecule has 0 aliphatic carbocycles.